The van der Waals surface area contributed by atoms with Gasteiger partial charge in [0.2, 0.25) is 0 Å². The first-order valence-electron chi connectivity index (χ1n) is 8.42. The smallest absolute Gasteiger partial charge is 0.250 e. The number of thioether (sulfide) groups is 2. The first-order chi connectivity index (χ1) is 14.1. The van der Waals surface area contributed by atoms with E-state index >= 15 is 0 Å². The molecular weight excluding hydrogens is 448 g/mol. The summed E-state index contributed by atoms with van der Waals surface area (Å²) in [4.78, 5) is 12.0. The van der Waals surface area contributed by atoms with Crippen LogP contribution in [-0.4, -0.2) is 35.2 Å². The predicted octanol–water partition coefficient (Wildman–Crippen LogP) is 4.73. The zero-order valence-corrected chi connectivity index (χ0v) is 18.6. The molecule has 0 bridgehead atoms. The third-order valence-corrected chi connectivity index (χ3v) is 7.13. The van der Waals surface area contributed by atoms with Crippen LogP contribution in [0.1, 0.15) is 11.1 Å². The molecule has 10 heteroatoms. The van der Waals surface area contributed by atoms with Gasteiger partial charge in [0.25, 0.3) is 5.91 Å². The van der Waals surface area contributed by atoms with Crippen molar-refractivity contribution in [1.29, 1.82) is 0 Å². The number of hydrogen-bond donors (Lipinski definition) is 1. The number of ether oxygens (including phenoxy) is 1. The molecule has 1 aromatic heterocycles. The fourth-order valence-electron chi connectivity index (χ4n) is 2.13. The molecule has 0 aliphatic rings. The van der Waals surface area contributed by atoms with Crippen LogP contribution in [0, 0.1) is 0 Å². The van der Waals surface area contributed by atoms with Crippen LogP contribution in [0.5, 0.6) is 5.75 Å². The van der Waals surface area contributed by atoms with Gasteiger partial charge in [0.05, 0.1) is 19.1 Å². The van der Waals surface area contributed by atoms with Gasteiger partial charge < -0.3 is 4.74 Å². The molecule has 1 amide bonds. The van der Waals surface area contributed by atoms with Crippen molar-refractivity contribution >= 4 is 58.6 Å². The van der Waals surface area contributed by atoms with E-state index in [1.807, 2.05) is 48.5 Å². The highest BCUT2D eigenvalue weighted by molar-refractivity contribution is 8.03. The molecule has 29 heavy (non-hydrogen) atoms. The summed E-state index contributed by atoms with van der Waals surface area (Å²) in [6.07, 6.45) is 1.57. The average molecular weight is 465 g/mol. The van der Waals surface area contributed by atoms with Crippen LogP contribution in [0.4, 0.5) is 0 Å². The van der Waals surface area contributed by atoms with Gasteiger partial charge in [-0.3, -0.25) is 4.79 Å². The molecule has 1 heterocycles. The number of hydrogen-bond acceptors (Lipinski definition) is 8. The zero-order valence-electron chi connectivity index (χ0n) is 15.4. The van der Waals surface area contributed by atoms with Crippen LogP contribution in [0.25, 0.3) is 0 Å². The minimum Gasteiger partial charge on any atom is -0.497 e. The molecule has 3 aromatic rings. The lowest BCUT2D eigenvalue weighted by molar-refractivity contribution is -0.118. The number of nitrogens with one attached hydrogen (secondary N) is 1. The van der Waals surface area contributed by atoms with Gasteiger partial charge in [0, 0.05) is 10.8 Å². The maximum atomic E-state index is 12.0. The first-order valence-corrected chi connectivity index (χ1v) is 11.6. The van der Waals surface area contributed by atoms with Gasteiger partial charge in [0.1, 0.15) is 5.75 Å². The Kier molecular flexibility index (Phi) is 8.36. The lowest BCUT2D eigenvalue weighted by Crippen LogP contribution is -2.19. The van der Waals surface area contributed by atoms with Crippen molar-refractivity contribution in [1.82, 2.24) is 15.6 Å². The number of methoxy groups -OCH3 is 1. The molecule has 150 valence electrons. The molecule has 2 aromatic carbocycles. The number of amides is 1. The van der Waals surface area contributed by atoms with E-state index in [0.717, 1.165) is 36.3 Å². The number of aromatic nitrogens is 2. The van der Waals surface area contributed by atoms with Crippen molar-refractivity contribution in [2.45, 2.75) is 14.4 Å². The summed E-state index contributed by atoms with van der Waals surface area (Å²) in [5.41, 5.74) is 4.39. The molecule has 0 spiro atoms. The van der Waals surface area contributed by atoms with Gasteiger partial charge in [-0.15, -0.1) is 10.2 Å². The summed E-state index contributed by atoms with van der Waals surface area (Å²) in [6, 6.07) is 15.1. The standard InChI is InChI=1S/C19H17ClN4O2S3/c1-26-15-7-4-5-13(9-15)10-21-22-17(25)12-28-19-24-23-18(29-19)27-11-14-6-2-3-8-16(14)20/h2-10H,11-12H2,1H3,(H,22,25)/b21-10+. The molecule has 0 aliphatic carbocycles. The van der Waals surface area contributed by atoms with Crippen LogP contribution in [0.3, 0.4) is 0 Å². The van der Waals surface area contributed by atoms with Crippen molar-refractivity contribution in [3.63, 3.8) is 0 Å². The van der Waals surface area contributed by atoms with E-state index in [2.05, 4.69) is 20.7 Å². The predicted molar refractivity (Wildman–Crippen MR) is 120 cm³/mol. The maximum Gasteiger partial charge on any atom is 0.250 e. The van der Waals surface area contributed by atoms with Crippen LogP contribution in [-0.2, 0) is 10.5 Å². The Morgan fingerprint density at radius 2 is 2.00 bits per heavy atom. The van der Waals surface area contributed by atoms with Gasteiger partial charge in [-0.2, -0.15) is 5.10 Å². The van der Waals surface area contributed by atoms with E-state index in [0.29, 0.717) is 0 Å². The minimum absolute atomic E-state index is 0.208. The summed E-state index contributed by atoms with van der Waals surface area (Å²) < 4.78 is 6.72. The number of halogens is 1. The number of carbonyl (C=O) groups excluding carboxylic acids is 1. The molecule has 0 unspecified atom stereocenters. The zero-order chi connectivity index (χ0) is 20.5. The van der Waals surface area contributed by atoms with Gasteiger partial charge in [-0.05, 0) is 29.3 Å². The van der Waals surface area contributed by atoms with E-state index in [4.69, 9.17) is 16.3 Å². The number of nitrogens with zero attached hydrogens (tertiary/aromatic N) is 3. The monoisotopic (exact) mass is 464 g/mol. The molecular formula is C19H17ClN4O2S3. The summed E-state index contributed by atoms with van der Waals surface area (Å²) in [5.74, 6) is 1.45. The molecule has 3 rings (SSSR count). The molecule has 0 atom stereocenters. The number of carbonyl (C=O) groups is 1. The molecule has 6 nitrogen and oxygen atoms in total. The Labute approximate surface area is 186 Å². The van der Waals surface area contributed by atoms with E-state index in [-0.39, 0.29) is 11.7 Å². The molecule has 0 radical (unpaired) electrons. The quantitative estimate of drug-likeness (QED) is 0.280. The molecule has 0 saturated heterocycles. The largest absolute Gasteiger partial charge is 0.497 e. The highest BCUT2D eigenvalue weighted by Crippen LogP contribution is 2.32. The highest BCUT2D eigenvalue weighted by atomic mass is 35.5. The highest BCUT2D eigenvalue weighted by Gasteiger charge is 2.09. The molecule has 0 saturated carbocycles. The van der Waals surface area contributed by atoms with E-state index in [1.165, 1.54) is 23.1 Å². The Bertz CT molecular complexity index is 997. The topological polar surface area (TPSA) is 76.5 Å². The first kappa shape index (κ1) is 21.6. The second kappa shape index (κ2) is 11.2. The molecule has 1 N–H and O–H groups in total. The van der Waals surface area contributed by atoms with Gasteiger partial charge in [-0.25, -0.2) is 5.43 Å². The third kappa shape index (κ3) is 7.04. The number of hydrazone groups is 1. The fourth-order valence-corrected chi connectivity index (χ4v) is 5.23. The van der Waals surface area contributed by atoms with Crippen LogP contribution in [0.15, 0.2) is 62.3 Å². The Hall–Kier alpha value is -2.07. The fraction of sp³-hybridized carbons (Fsp3) is 0.158. The maximum absolute atomic E-state index is 12.0. The number of rotatable bonds is 9. The minimum atomic E-state index is -0.213. The van der Waals surface area contributed by atoms with Crippen LogP contribution >= 0.6 is 46.5 Å². The van der Waals surface area contributed by atoms with E-state index in [1.54, 1.807) is 25.1 Å². The summed E-state index contributed by atoms with van der Waals surface area (Å²) in [7, 11) is 1.60. The van der Waals surface area contributed by atoms with Crippen molar-refractivity contribution in [2.24, 2.45) is 5.10 Å². The van der Waals surface area contributed by atoms with E-state index < -0.39 is 0 Å². The van der Waals surface area contributed by atoms with Crippen molar-refractivity contribution in [3.05, 3.63) is 64.7 Å². The van der Waals surface area contributed by atoms with Crippen molar-refractivity contribution in [2.75, 3.05) is 12.9 Å². The normalized spacial score (nSPS) is 11.0. The molecule has 0 aliphatic heterocycles. The van der Waals surface area contributed by atoms with Crippen LogP contribution in [0.2, 0.25) is 5.02 Å². The second-order valence-corrected chi connectivity index (χ2v) is 9.40. The SMILES string of the molecule is COc1cccc(/C=N/NC(=O)CSc2nnc(SCc3ccccc3Cl)s2)c1. The number of benzene rings is 2. The van der Waals surface area contributed by atoms with Crippen molar-refractivity contribution < 1.29 is 9.53 Å². The Morgan fingerprint density at radius 3 is 2.79 bits per heavy atom. The lowest BCUT2D eigenvalue weighted by atomic mass is 10.2. The molecule has 0 fully saturated rings. The van der Waals surface area contributed by atoms with Gasteiger partial charge in [0.15, 0.2) is 8.68 Å². The van der Waals surface area contributed by atoms with Crippen molar-refractivity contribution in [3.8, 4) is 5.75 Å². The third-order valence-electron chi connectivity index (χ3n) is 3.52. The second-order valence-electron chi connectivity index (χ2n) is 5.57. The summed E-state index contributed by atoms with van der Waals surface area (Å²) in [6.45, 7) is 0. The summed E-state index contributed by atoms with van der Waals surface area (Å²) >= 11 is 10.5. The lowest BCUT2D eigenvalue weighted by Gasteiger charge is -2.01. The van der Waals surface area contributed by atoms with E-state index in [9.17, 15) is 4.79 Å². The Balaban J connectivity index is 1.42. The van der Waals surface area contributed by atoms with Gasteiger partial charge in [-0.1, -0.05) is 76.8 Å². The van der Waals surface area contributed by atoms with Crippen LogP contribution < -0.4 is 10.2 Å². The van der Waals surface area contributed by atoms with Gasteiger partial charge >= 0.3 is 0 Å². The Morgan fingerprint density at radius 1 is 1.21 bits per heavy atom. The summed E-state index contributed by atoms with van der Waals surface area (Å²) in [5, 5.41) is 13.0. The average Bonchev–Trinajstić information content (AvgIpc) is 3.20.